The number of hydrogen-bond donors (Lipinski definition) is 2. The fourth-order valence-electron chi connectivity index (χ4n) is 2.56. The number of phenols is 1. The molecular formula is C21H20N2O3. The van der Waals surface area contributed by atoms with E-state index < -0.39 is 0 Å². The summed E-state index contributed by atoms with van der Waals surface area (Å²) in [4.78, 5) is 16.5. The number of pyridine rings is 1. The number of phenolic OH excluding ortho intramolecular Hbond substituents is 1. The van der Waals surface area contributed by atoms with Crippen molar-refractivity contribution in [3.63, 3.8) is 0 Å². The Labute approximate surface area is 152 Å². The van der Waals surface area contributed by atoms with Crippen molar-refractivity contribution in [2.24, 2.45) is 0 Å². The lowest BCUT2D eigenvalue weighted by molar-refractivity contribution is 0.0946. The number of carbonyl (C=O) groups excluding carboxylic acids is 1. The van der Waals surface area contributed by atoms with E-state index in [0.717, 1.165) is 16.7 Å². The minimum absolute atomic E-state index is 0.218. The van der Waals surface area contributed by atoms with E-state index in [4.69, 9.17) is 4.74 Å². The smallest absolute Gasteiger partial charge is 0.257 e. The van der Waals surface area contributed by atoms with E-state index in [2.05, 4.69) is 10.3 Å². The number of amides is 1. The Bertz CT molecular complexity index is 875. The first-order valence-electron chi connectivity index (χ1n) is 8.41. The highest BCUT2D eigenvalue weighted by Crippen LogP contribution is 2.22. The molecule has 132 valence electrons. The van der Waals surface area contributed by atoms with Crippen molar-refractivity contribution >= 4 is 5.91 Å². The van der Waals surface area contributed by atoms with Crippen LogP contribution in [0.1, 0.15) is 22.8 Å². The summed E-state index contributed by atoms with van der Waals surface area (Å²) in [5.74, 6) is 0.370. The van der Waals surface area contributed by atoms with Crippen molar-refractivity contribution in [2.75, 3.05) is 6.61 Å². The molecule has 5 heteroatoms. The second-order valence-corrected chi connectivity index (χ2v) is 5.72. The monoisotopic (exact) mass is 348 g/mol. The normalized spacial score (nSPS) is 10.3. The first-order valence-corrected chi connectivity index (χ1v) is 8.41. The maximum Gasteiger partial charge on any atom is 0.257 e. The molecule has 0 radical (unpaired) electrons. The Morgan fingerprint density at radius 3 is 2.35 bits per heavy atom. The van der Waals surface area contributed by atoms with Crippen molar-refractivity contribution in [3.05, 3.63) is 78.0 Å². The van der Waals surface area contributed by atoms with Crippen LogP contribution in [0.2, 0.25) is 0 Å². The average molecular weight is 348 g/mol. The molecule has 1 heterocycles. The standard InChI is InChI=1S/C21H20N2O3/c1-2-26-21-19(4-3-13-22-21)20(25)23-14-15-5-7-16(8-6-15)17-9-11-18(24)12-10-17/h3-13,24H,2,14H2,1H3,(H,23,25). The van der Waals surface area contributed by atoms with Gasteiger partial charge in [-0.25, -0.2) is 4.98 Å². The van der Waals surface area contributed by atoms with Crippen molar-refractivity contribution in [2.45, 2.75) is 13.5 Å². The van der Waals surface area contributed by atoms with Crippen LogP contribution >= 0.6 is 0 Å². The Hall–Kier alpha value is -3.34. The third kappa shape index (κ3) is 4.19. The highest BCUT2D eigenvalue weighted by Gasteiger charge is 2.12. The minimum atomic E-state index is -0.218. The van der Waals surface area contributed by atoms with Gasteiger partial charge in [-0.05, 0) is 47.9 Å². The Kier molecular flexibility index (Phi) is 5.49. The third-order valence-electron chi connectivity index (χ3n) is 3.90. The number of rotatable bonds is 6. The summed E-state index contributed by atoms with van der Waals surface area (Å²) >= 11 is 0. The first kappa shape index (κ1) is 17.5. The van der Waals surface area contributed by atoms with Crippen molar-refractivity contribution in [3.8, 4) is 22.8 Å². The van der Waals surface area contributed by atoms with Gasteiger partial charge in [0.2, 0.25) is 5.88 Å². The van der Waals surface area contributed by atoms with Crippen LogP contribution in [0.15, 0.2) is 66.9 Å². The van der Waals surface area contributed by atoms with Gasteiger partial charge in [-0.15, -0.1) is 0 Å². The zero-order valence-corrected chi connectivity index (χ0v) is 14.5. The highest BCUT2D eigenvalue weighted by molar-refractivity contribution is 5.96. The van der Waals surface area contributed by atoms with Crippen molar-refractivity contribution in [1.29, 1.82) is 0 Å². The van der Waals surface area contributed by atoms with Gasteiger partial charge in [0.1, 0.15) is 11.3 Å². The molecule has 0 atom stereocenters. The second-order valence-electron chi connectivity index (χ2n) is 5.72. The fourth-order valence-corrected chi connectivity index (χ4v) is 2.56. The molecule has 3 rings (SSSR count). The molecule has 2 N–H and O–H groups in total. The summed E-state index contributed by atoms with van der Waals surface area (Å²) in [6.45, 7) is 2.72. The van der Waals surface area contributed by atoms with Crippen LogP contribution in [-0.4, -0.2) is 22.6 Å². The quantitative estimate of drug-likeness (QED) is 0.711. The molecule has 2 aromatic carbocycles. The molecule has 26 heavy (non-hydrogen) atoms. The van der Waals surface area contributed by atoms with E-state index in [1.54, 1.807) is 30.5 Å². The zero-order chi connectivity index (χ0) is 18.4. The van der Waals surface area contributed by atoms with Gasteiger partial charge in [-0.3, -0.25) is 4.79 Å². The summed E-state index contributed by atoms with van der Waals surface area (Å²) in [6.07, 6.45) is 1.60. The maximum absolute atomic E-state index is 12.4. The molecule has 1 amide bonds. The number of aromatic hydroxyl groups is 1. The topological polar surface area (TPSA) is 71.5 Å². The van der Waals surface area contributed by atoms with E-state index in [1.807, 2.05) is 43.3 Å². The second kappa shape index (κ2) is 8.16. The van der Waals surface area contributed by atoms with E-state index in [0.29, 0.717) is 24.6 Å². The lowest BCUT2D eigenvalue weighted by Gasteiger charge is -2.10. The van der Waals surface area contributed by atoms with Crippen LogP contribution in [0.3, 0.4) is 0 Å². The van der Waals surface area contributed by atoms with Crippen LogP contribution in [0.5, 0.6) is 11.6 Å². The zero-order valence-electron chi connectivity index (χ0n) is 14.5. The van der Waals surface area contributed by atoms with Crippen LogP contribution < -0.4 is 10.1 Å². The van der Waals surface area contributed by atoms with Crippen LogP contribution in [0, 0.1) is 0 Å². The van der Waals surface area contributed by atoms with Gasteiger partial charge in [0.15, 0.2) is 0 Å². The minimum Gasteiger partial charge on any atom is -0.508 e. The molecule has 1 aromatic heterocycles. The van der Waals surface area contributed by atoms with Gasteiger partial charge in [-0.1, -0.05) is 36.4 Å². The summed E-state index contributed by atoms with van der Waals surface area (Å²) in [6, 6.07) is 18.4. The van der Waals surface area contributed by atoms with Crippen molar-refractivity contribution < 1.29 is 14.6 Å². The SMILES string of the molecule is CCOc1ncccc1C(=O)NCc1ccc(-c2ccc(O)cc2)cc1. The van der Waals surface area contributed by atoms with E-state index >= 15 is 0 Å². The molecule has 0 aliphatic carbocycles. The summed E-state index contributed by atoms with van der Waals surface area (Å²) < 4.78 is 5.39. The number of nitrogens with one attached hydrogen (secondary N) is 1. The molecule has 0 bridgehead atoms. The third-order valence-corrected chi connectivity index (χ3v) is 3.90. The summed E-state index contributed by atoms with van der Waals surface area (Å²) in [5, 5.41) is 12.3. The molecule has 0 spiro atoms. The van der Waals surface area contributed by atoms with Gasteiger partial charge in [0.05, 0.1) is 6.61 Å². The number of benzene rings is 2. The highest BCUT2D eigenvalue weighted by atomic mass is 16.5. The molecule has 0 aliphatic heterocycles. The number of nitrogens with zero attached hydrogens (tertiary/aromatic N) is 1. The van der Waals surface area contributed by atoms with Gasteiger partial charge < -0.3 is 15.2 Å². The average Bonchev–Trinajstić information content (AvgIpc) is 2.68. The number of carbonyl (C=O) groups is 1. The van der Waals surface area contributed by atoms with Crippen LogP contribution in [0.4, 0.5) is 0 Å². The number of hydrogen-bond acceptors (Lipinski definition) is 4. The molecule has 0 saturated heterocycles. The summed E-state index contributed by atoms with van der Waals surface area (Å²) in [7, 11) is 0. The van der Waals surface area contributed by atoms with Gasteiger partial charge in [-0.2, -0.15) is 0 Å². The Balaban J connectivity index is 1.65. The van der Waals surface area contributed by atoms with Crippen LogP contribution in [-0.2, 0) is 6.54 Å². The van der Waals surface area contributed by atoms with Gasteiger partial charge in [0.25, 0.3) is 5.91 Å². The fraction of sp³-hybridized carbons (Fsp3) is 0.143. The number of ether oxygens (including phenoxy) is 1. The largest absolute Gasteiger partial charge is 0.508 e. The lowest BCUT2D eigenvalue weighted by atomic mass is 10.0. The first-order chi connectivity index (χ1) is 12.7. The molecule has 0 unspecified atom stereocenters. The van der Waals surface area contributed by atoms with Gasteiger partial charge in [0, 0.05) is 12.7 Å². The molecule has 0 aliphatic rings. The number of aromatic nitrogens is 1. The van der Waals surface area contributed by atoms with Crippen LogP contribution in [0.25, 0.3) is 11.1 Å². The predicted octanol–water partition coefficient (Wildman–Crippen LogP) is 3.78. The van der Waals surface area contributed by atoms with Crippen molar-refractivity contribution in [1.82, 2.24) is 10.3 Å². The van der Waals surface area contributed by atoms with E-state index in [-0.39, 0.29) is 11.7 Å². The predicted molar refractivity (Wildman–Crippen MR) is 100 cm³/mol. The molecule has 3 aromatic rings. The molecule has 0 fully saturated rings. The maximum atomic E-state index is 12.4. The Morgan fingerprint density at radius 1 is 1.04 bits per heavy atom. The molecule has 0 saturated carbocycles. The molecular weight excluding hydrogens is 328 g/mol. The lowest BCUT2D eigenvalue weighted by Crippen LogP contribution is -2.23. The van der Waals surface area contributed by atoms with E-state index in [9.17, 15) is 9.90 Å². The summed E-state index contributed by atoms with van der Waals surface area (Å²) in [5.41, 5.74) is 3.49. The molecule has 5 nitrogen and oxygen atoms in total. The Morgan fingerprint density at radius 2 is 1.69 bits per heavy atom. The van der Waals surface area contributed by atoms with Gasteiger partial charge >= 0.3 is 0 Å². The van der Waals surface area contributed by atoms with E-state index in [1.165, 1.54) is 0 Å².